The highest BCUT2D eigenvalue weighted by Gasteiger charge is 2.40. The summed E-state index contributed by atoms with van der Waals surface area (Å²) >= 11 is 18.4. The van der Waals surface area contributed by atoms with Gasteiger partial charge in [0, 0.05) is 16.9 Å². The zero-order chi connectivity index (χ0) is 24.4. The highest BCUT2D eigenvalue weighted by molar-refractivity contribution is 6.54. The smallest absolute Gasteiger partial charge is 0.283 e. The Kier molecular flexibility index (Phi) is 6.93. The third kappa shape index (κ3) is 4.53. The molecule has 6 nitrogen and oxygen atoms in total. The van der Waals surface area contributed by atoms with Crippen LogP contribution in [0.1, 0.15) is 22.8 Å². The molecule has 0 aromatic heterocycles. The van der Waals surface area contributed by atoms with Gasteiger partial charge in [-0.3, -0.25) is 14.4 Å². The van der Waals surface area contributed by atoms with E-state index in [9.17, 15) is 14.4 Å². The van der Waals surface area contributed by atoms with E-state index in [1.807, 2.05) is 31.2 Å². The summed E-state index contributed by atoms with van der Waals surface area (Å²) in [6.45, 7) is 2.01. The first-order chi connectivity index (χ1) is 16.3. The van der Waals surface area contributed by atoms with Crippen molar-refractivity contribution in [3.8, 4) is 0 Å². The summed E-state index contributed by atoms with van der Waals surface area (Å²) in [7, 11) is 0. The minimum atomic E-state index is -0.733. The van der Waals surface area contributed by atoms with Gasteiger partial charge in [-0.25, -0.2) is 4.90 Å². The second-order valence-electron chi connectivity index (χ2n) is 7.38. The number of para-hydroxylation sites is 1. The Morgan fingerprint density at radius 1 is 0.912 bits per heavy atom. The molecule has 0 radical (unpaired) electrons. The Labute approximate surface area is 211 Å². The van der Waals surface area contributed by atoms with E-state index in [-0.39, 0.29) is 32.4 Å². The molecule has 3 aromatic rings. The summed E-state index contributed by atoms with van der Waals surface area (Å²) in [6.07, 6.45) is 0.772. The van der Waals surface area contributed by atoms with Gasteiger partial charge in [0.05, 0.1) is 15.7 Å². The van der Waals surface area contributed by atoms with Gasteiger partial charge >= 0.3 is 0 Å². The topological polar surface area (TPSA) is 78.5 Å². The van der Waals surface area contributed by atoms with Gasteiger partial charge in [0.15, 0.2) is 0 Å². The third-order valence-corrected chi connectivity index (χ3v) is 6.40. The fourth-order valence-corrected chi connectivity index (χ4v) is 4.12. The number of amides is 3. The number of carbonyl (C=O) groups is 3. The Bertz CT molecular complexity index is 1350. The number of nitrogens with one attached hydrogen (secondary N) is 2. The predicted molar refractivity (Wildman–Crippen MR) is 136 cm³/mol. The lowest BCUT2D eigenvalue weighted by Gasteiger charge is -2.17. The molecule has 0 spiro atoms. The number of carbonyl (C=O) groups excluding carboxylic acids is 3. The van der Waals surface area contributed by atoms with Crippen LogP contribution in [0.4, 0.5) is 17.1 Å². The molecule has 0 atom stereocenters. The van der Waals surface area contributed by atoms with Crippen LogP contribution in [0.15, 0.2) is 77.5 Å². The van der Waals surface area contributed by atoms with E-state index in [2.05, 4.69) is 10.6 Å². The molecule has 0 aliphatic carbocycles. The van der Waals surface area contributed by atoms with E-state index in [4.69, 9.17) is 34.8 Å². The molecule has 2 N–H and O–H groups in total. The first-order valence-corrected chi connectivity index (χ1v) is 11.4. The van der Waals surface area contributed by atoms with Gasteiger partial charge in [-0.2, -0.15) is 0 Å². The average molecular weight is 515 g/mol. The van der Waals surface area contributed by atoms with Crippen LogP contribution in [0.5, 0.6) is 0 Å². The molecule has 0 bridgehead atoms. The minimum absolute atomic E-state index is 0.0580. The normalized spacial score (nSPS) is 13.5. The minimum Gasteiger partial charge on any atom is -0.350 e. The lowest BCUT2D eigenvalue weighted by atomic mass is 10.1. The van der Waals surface area contributed by atoms with Crippen LogP contribution in [0.25, 0.3) is 0 Å². The summed E-state index contributed by atoms with van der Waals surface area (Å²) in [4.78, 5) is 39.5. The SMILES string of the molecule is CCc1ccccc1NC(=O)c1cccc(NC2=C(Cl)C(=O)N(c3cccc(Cl)c3Cl)C2=O)c1. The molecule has 1 aliphatic heterocycles. The van der Waals surface area contributed by atoms with Crippen molar-refractivity contribution in [3.05, 3.63) is 98.6 Å². The van der Waals surface area contributed by atoms with Crippen LogP contribution in [-0.4, -0.2) is 17.7 Å². The summed E-state index contributed by atoms with van der Waals surface area (Å²) in [5.41, 5.74) is 2.50. The second kappa shape index (κ2) is 9.89. The number of benzene rings is 3. The maximum absolute atomic E-state index is 13.0. The van der Waals surface area contributed by atoms with Crippen LogP contribution >= 0.6 is 34.8 Å². The highest BCUT2D eigenvalue weighted by atomic mass is 35.5. The Morgan fingerprint density at radius 2 is 1.65 bits per heavy atom. The first-order valence-electron chi connectivity index (χ1n) is 10.3. The highest BCUT2D eigenvalue weighted by Crippen LogP contribution is 2.37. The maximum atomic E-state index is 13.0. The van der Waals surface area contributed by atoms with Gasteiger partial charge in [0.2, 0.25) is 0 Å². The van der Waals surface area contributed by atoms with Gasteiger partial charge in [0.1, 0.15) is 10.7 Å². The molecule has 4 rings (SSSR count). The summed E-state index contributed by atoms with van der Waals surface area (Å²) in [6, 6.07) is 18.7. The summed E-state index contributed by atoms with van der Waals surface area (Å²) < 4.78 is 0. The number of imide groups is 1. The van der Waals surface area contributed by atoms with Crippen molar-refractivity contribution in [1.82, 2.24) is 0 Å². The average Bonchev–Trinajstić information content (AvgIpc) is 3.04. The Morgan fingerprint density at radius 3 is 2.41 bits per heavy atom. The molecule has 0 saturated heterocycles. The molecule has 34 heavy (non-hydrogen) atoms. The van der Waals surface area contributed by atoms with Crippen molar-refractivity contribution in [3.63, 3.8) is 0 Å². The van der Waals surface area contributed by atoms with Gasteiger partial charge in [-0.15, -0.1) is 0 Å². The first kappa shape index (κ1) is 23.8. The van der Waals surface area contributed by atoms with E-state index >= 15 is 0 Å². The molecule has 0 saturated carbocycles. The Hall–Kier alpha value is -3.32. The fourth-order valence-electron chi connectivity index (χ4n) is 3.52. The summed E-state index contributed by atoms with van der Waals surface area (Å²) in [5.74, 6) is -1.74. The van der Waals surface area contributed by atoms with E-state index in [0.29, 0.717) is 11.3 Å². The maximum Gasteiger partial charge on any atom is 0.283 e. The van der Waals surface area contributed by atoms with Crippen molar-refractivity contribution in [2.24, 2.45) is 0 Å². The number of nitrogens with zero attached hydrogens (tertiary/aromatic N) is 1. The van der Waals surface area contributed by atoms with Crippen molar-refractivity contribution in [2.75, 3.05) is 15.5 Å². The molecular weight excluding hydrogens is 497 g/mol. The van der Waals surface area contributed by atoms with Crippen LogP contribution < -0.4 is 15.5 Å². The van der Waals surface area contributed by atoms with Crippen molar-refractivity contribution in [1.29, 1.82) is 0 Å². The summed E-state index contributed by atoms with van der Waals surface area (Å²) in [5, 5.41) is 5.72. The number of hydrogen-bond acceptors (Lipinski definition) is 4. The van der Waals surface area contributed by atoms with Crippen LogP contribution in [0.2, 0.25) is 10.0 Å². The van der Waals surface area contributed by atoms with E-state index in [1.165, 1.54) is 6.07 Å². The lowest BCUT2D eigenvalue weighted by Crippen LogP contribution is -2.32. The third-order valence-electron chi connectivity index (χ3n) is 5.24. The molecule has 1 aliphatic rings. The van der Waals surface area contributed by atoms with Crippen LogP contribution in [-0.2, 0) is 16.0 Å². The molecule has 3 aromatic carbocycles. The molecule has 0 unspecified atom stereocenters. The van der Waals surface area contributed by atoms with Gasteiger partial charge in [-0.1, -0.05) is 72.1 Å². The molecule has 3 amide bonds. The van der Waals surface area contributed by atoms with E-state index < -0.39 is 11.8 Å². The number of hydrogen-bond donors (Lipinski definition) is 2. The van der Waals surface area contributed by atoms with Crippen molar-refractivity contribution >= 4 is 69.6 Å². The predicted octanol–water partition coefficient (Wildman–Crippen LogP) is 6.24. The monoisotopic (exact) mass is 513 g/mol. The second-order valence-corrected chi connectivity index (χ2v) is 8.54. The fraction of sp³-hybridized carbons (Fsp3) is 0.0800. The zero-order valence-electron chi connectivity index (χ0n) is 17.9. The van der Waals surface area contributed by atoms with E-state index in [1.54, 1.807) is 36.4 Å². The Balaban J connectivity index is 1.57. The van der Waals surface area contributed by atoms with Crippen molar-refractivity contribution in [2.45, 2.75) is 13.3 Å². The van der Waals surface area contributed by atoms with E-state index in [0.717, 1.165) is 22.6 Å². The lowest BCUT2D eigenvalue weighted by molar-refractivity contribution is -0.120. The zero-order valence-corrected chi connectivity index (χ0v) is 20.1. The standard InChI is InChI=1S/C25H18Cl3N3O3/c1-2-14-7-3-4-11-18(14)30-23(32)15-8-5-9-16(13-15)29-22-21(28)24(33)31(25(22)34)19-12-6-10-17(26)20(19)27/h3-13,29H,2H2,1H3,(H,30,32). The number of aryl methyl sites for hydroxylation is 1. The van der Waals surface area contributed by atoms with Crippen molar-refractivity contribution < 1.29 is 14.4 Å². The molecular formula is C25H18Cl3N3O3. The van der Waals surface area contributed by atoms with Gasteiger partial charge in [-0.05, 0) is 48.4 Å². The molecule has 172 valence electrons. The molecule has 1 heterocycles. The molecule has 9 heteroatoms. The van der Waals surface area contributed by atoms with Crippen LogP contribution in [0, 0.1) is 0 Å². The molecule has 0 fully saturated rings. The van der Waals surface area contributed by atoms with Gasteiger partial charge in [0.25, 0.3) is 17.7 Å². The quantitative estimate of drug-likeness (QED) is 0.382. The number of anilines is 3. The largest absolute Gasteiger partial charge is 0.350 e. The van der Waals surface area contributed by atoms with Crippen LogP contribution in [0.3, 0.4) is 0 Å². The van der Waals surface area contributed by atoms with Gasteiger partial charge < -0.3 is 10.6 Å². The number of rotatable bonds is 6. The number of halogens is 3.